The average molecular weight is 464 g/mol. The number of carbonyl (C=O) groups excluding carboxylic acids is 1. The monoisotopic (exact) mass is 463 g/mol. The van der Waals surface area contributed by atoms with E-state index in [2.05, 4.69) is 40.3 Å². The highest BCUT2D eigenvalue weighted by atomic mass is 16.5. The normalized spacial score (nSPS) is 29.1. The van der Waals surface area contributed by atoms with Crippen molar-refractivity contribution in [3.05, 3.63) is 84.1 Å². The Morgan fingerprint density at radius 1 is 1.11 bits per heavy atom. The van der Waals surface area contributed by atoms with Gasteiger partial charge in [0.2, 0.25) is 0 Å². The van der Waals surface area contributed by atoms with Gasteiger partial charge in [0, 0.05) is 35.4 Å². The Balaban J connectivity index is 1.23. The van der Waals surface area contributed by atoms with Gasteiger partial charge in [-0.3, -0.25) is 14.7 Å². The van der Waals surface area contributed by atoms with E-state index in [1.165, 1.54) is 19.4 Å². The zero-order valence-electron chi connectivity index (χ0n) is 19.9. The molecule has 5 atom stereocenters. The van der Waals surface area contributed by atoms with Gasteiger partial charge in [-0.1, -0.05) is 37.3 Å². The van der Waals surface area contributed by atoms with Crippen LogP contribution < -0.4 is 5.32 Å². The van der Waals surface area contributed by atoms with Gasteiger partial charge >= 0.3 is 0 Å². The topological polar surface area (TPSA) is 54.5 Å². The van der Waals surface area contributed by atoms with Crippen LogP contribution in [0, 0.1) is 5.92 Å². The average Bonchev–Trinajstić information content (AvgIpc) is 2.92. The minimum absolute atomic E-state index is 0.0181. The number of rotatable bonds is 4. The Hall–Kier alpha value is -3.28. The summed E-state index contributed by atoms with van der Waals surface area (Å²) in [6.45, 7) is 4.48. The van der Waals surface area contributed by atoms with Crippen LogP contribution in [0.2, 0.25) is 0 Å². The lowest BCUT2D eigenvalue weighted by atomic mass is 9.66. The van der Waals surface area contributed by atoms with Gasteiger partial charge in [0.1, 0.15) is 0 Å². The molecule has 0 saturated carbocycles. The zero-order valence-corrected chi connectivity index (χ0v) is 19.9. The Kier molecular flexibility index (Phi) is 4.73. The first-order chi connectivity index (χ1) is 17.1. The Bertz CT molecular complexity index is 1470. The highest BCUT2D eigenvalue weighted by molar-refractivity contribution is 6.07. The summed E-state index contributed by atoms with van der Waals surface area (Å²) in [5.41, 5.74) is 3.44. The molecule has 3 aromatic carbocycles. The van der Waals surface area contributed by atoms with Crippen molar-refractivity contribution in [3.8, 4) is 0 Å². The van der Waals surface area contributed by atoms with Gasteiger partial charge < -0.3 is 10.1 Å². The molecule has 4 aromatic rings. The van der Waals surface area contributed by atoms with Crippen molar-refractivity contribution in [1.82, 2.24) is 9.88 Å². The lowest BCUT2D eigenvalue weighted by molar-refractivity contribution is -0.274. The summed E-state index contributed by atoms with van der Waals surface area (Å²) in [5, 5.41) is 6.35. The van der Waals surface area contributed by atoms with Crippen LogP contribution in [0.1, 0.15) is 48.2 Å². The summed E-state index contributed by atoms with van der Waals surface area (Å²) >= 11 is 0. The first-order valence-corrected chi connectivity index (χ1v) is 12.7. The largest absolute Gasteiger partial charge is 0.364 e. The molecular formula is C30H29N3O2. The zero-order chi connectivity index (χ0) is 23.6. The van der Waals surface area contributed by atoms with Crippen molar-refractivity contribution in [2.75, 3.05) is 18.4 Å². The number of aromatic nitrogens is 1. The van der Waals surface area contributed by atoms with E-state index in [1.54, 1.807) is 0 Å². The third kappa shape index (κ3) is 3.29. The van der Waals surface area contributed by atoms with E-state index in [9.17, 15) is 4.79 Å². The molecule has 1 aromatic heterocycles. The van der Waals surface area contributed by atoms with Crippen LogP contribution in [0.3, 0.4) is 0 Å². The molecular weight excluding hydrogens is 434 g/mol. The van der Waals surface area contributed by atoms with E-state index in [-0.39, 0.29) is 17.6 Å². The van der Waals surface area contributed by atoms with Crippen LogP contribution in [-0.2, 0) is 4.74 Å². The molecule has 4 unspecified atom stereocenters. The fourth-order valence-corrected chi connectivity index (χ4v) is 6.75. The number of ether oxygens (including phenoxy) is 1. The van der Waals surface area contributed by atoms with Gasteiger partial charge in [-0.05, 0) is 84.5 Å². The number of anilines is 1. The molecule has 9 rings (SSSR count). The number of piperidine rings is 3. The molecule has 5 heteroatoms. The van der Waals surface area contributed by atoms with Gasteiger partial charge in [-0.15, -0.1) is 0 Å². The summed E-state index contributed by atoms with van der Waals surface area (Å²) < 4.78 is 6.92. The standard InChI is InChI=1S/C30H29N3O2/c1-2-30-18-33-14-12-22(30)17-27(33)28(35-30)24-11-13-31-26-10-8-21(16-25(24)26)29(34)32-23-9-7-19-5-3-4-6-20(19)15-23/h3-11,13,15-16,22,27-28H,2,12,14,17-18H2,1H3,(H,32,34)/t22?,27?,28-,30?/m0/s1. The molecule has 5 fully saturated rings. The Labute approximate surface area is 205 Å². The van der Waals surface area contributed by atoms with Crippen molar-refractivity contribution in [3.63, 3.8) is 0 Å². The molecule has 1 N–H and O–H groups in total. The van der Waals surface area contributed by atoms with Crippen LogP contribution in [-0.4, -0.2) is 40.5 Å². The minimum atomic E-state index is -0.115. The van der Waals surface area contributed by atoms with Crippen LogP contribution in [0.4, 0.5) is 5.69 Å². The quantitative estimate of drug-likeness (QED) is 0.406. The summed E-state index contributed by atoms with van der Waals surface area (Å²) in [6, 6.07) is 22.5. The first-order valence-electron chi connectivity index (χ1n) is 12.7. The van der Waals surface area contributed by atoms with E-state index in [0.29, 0.717) is 17.5 Å². The van der Waals surface area contributed by atoms with Gasteiger partial charge in [-0.25, -0.2) is 0 Å². The molecule has 4 bridgehead atoms. The van der Waals surface area contributed by atoms with E-state index in [0.717, 1.165) is 45.9 Å². The van der Waals surface area contributed by atoms with E-state index in [1.807, 2.05) is 54.7 Å². The maximum Gasteiger partial charge on any atom is 0.255 e. The van der Waals surface area contributed by atoms with Crippen molar-refractivity contribution < 1.29 is 9.53 Å². The number of hydrogen-bond acceptors (Lipinski definition) is 4. The lowest BCUT2D eigenvalue weighted by Crippen LogP contribution is -2.70. The lowest BCUT2D eigenvalue weighted by Gasteiger charge is -2.64. The third-order valence-electron chi connectivity index (χ3n) is 8.64. The number of pyridine rings is 1. The number of amides is 1. The van der Waals surface area contributed by atoms with Crippen LogP contribution >= 0.6 is 0 Å². The fourth-order valence-electron chi connectivity index (χ4n) is 6.75. The SMILES string of the molecule is CCC12CN3CCC1CC3[C@H](c1ccnc3ccc(C(=O)Nc4ccc5ccccc5c4)cc13)O2. The smallest absolute Gasteiger partial charge is 0.255 e. The van der Waals surface area contributed by atoms with Gasteiger partial charge in [0.25, 0.3) is 5.91 Å². The van der Waals surface area contributed by atoms with Crippen molar-refractivity contribution in [1.29, 1.82) is 0 Å². The molecule has 0 radical (unpaired) electrons. The number of nitrogens with one attached hydrogen (secondary N) is 1. The Morgan fingerprint density at radius 2 is 2.00 bits per heavy atom. The number of morpholine rings is 1. The van der Waals surface area contributed by atoms with Crippen LogP contribution in [0.15, 0.2) is 72.9 Å². The molecule has 5 aliphatic rings. The summed E-state index contributed by atoms with van der Waals surface area (Å²) in [5.74, 6) is 0.547. The highest BCUT2D eigenvalue weighted by Crippen LogP contribution is 2.54. The van der Waals surface area contributed by atoms with Gasteiger partial charge in [0.05, 0.1) is 17.2 Å². The van der Waals surface area contributed by atoms with E-state index >= 15 is 0 Å². The van der Waals surface area contributed by atoms with Crippen LogP contribution in [0.5, 0.6) is 0 Å². The molecule has 0 aliphatic carbocycles. The summed E-state index contributed by atoms with van der Waals surface area (Å²) in [7, 11) is 0. The highest BCUT2D eigenvalue weighted by Gasteiger charge is 2.58. The van der Waals surface area contributed by atoms with Gasteiger partial charge in [-0.2, -0.15) is 0 Å². The maximum atomic E-state index is 13.2. The number of fused-ring (bicyclic) bond motifs is 4. The molecule has 0 spiro atoms. The molecule has 176 valence electrons. The molecule has 35 heavy (non-hydrogen) atoms. The second-order valence-electron chi connectivity index (χ2n) is 10.4. The second kappa shape index (κ2) is 7.87. The predicted octanol–water partition coefficient (Wildman–Crippen LogP) is 5.95. The number of carbonyl (C=O) groups is 1. The number of nitrogens with zero attached hydrogens (tertiary/aromatic N) is 2. The first kappa shape index (κ1) is 21.0. The molecule has 5 aliphatic heterocycles. The minimum Gasteiger partial charge on any atom is -0.364 e. The van der Waals surface area contributed by atoms with Crippen molar-refractivity contribution in [2.24, 2.45) is 5.92 Å². The molecule has 5 nitrogen and oxygen atoms in total. The molecule has 6 heterocycles. The summed E-state index contributed by atoms with van der Waals surface area (Å²) in [6.07, 6.45) is 5.38. The number of hydrogen-bond donors (Lipinski definition) is 1. The Morgan fingerprint density at radius 3 is 2.83 bits per heavy atom. The third-order valence-corrected chi connectivity index (χ3v) is 8.64. The second-order valence-corrected chi connectivity index (χ2v) is 10.4. The van der Waals surface area contributed by atoms with Gasteiger partial charge in [0.15, 0.2) is 0 Å². The number of benzene rings is 3. The fraction of sp³-hybridized carbons (Fsp3) is 0.333. The molecule has 1 amide bonds. The maximum absolute atomic E-state index is 13.2. The van der Waals surface area contributed by atoms with Crippen molar-refractivity contribution >= 4 is 33.3 Å². The van der Waals surface area contributed by atoms with Crippen LogP contribution in [0.25, 0.3) is 21.7 Å². The molecule has 5 saturated heterocycles. The predicted molar refractivity (Wildman–Crippen MR) is 139 cm³/mol. The summed E-state index contributed by atoms with van der Waals surface area (Å²) in [4.78, 5) is 20.5. The van der Waals surface area contributed by atoms with E-state index < -0.39 is 0 Å². The van der Waals surface area contributed by atoms with E-state index in [4.69, 9.17) is 4.74 Å². The van der Waals surface area contributed by atoms with Crippen molar-refractivity contribution in [2.45, 2.75) is 43.9 Å².